The van der Waals surface area contributed by atoms with Gasteiger partial charge in [0, 0.05) is 6.20 Å². The third kappa shape index (κ3) is 2.58. The molecule has 0 saturated carbocycles. The molecular weight excluding hydrogens is 360 g/mol. The summed E-state index contributed by atoms with van der Waals surface area (Å²) in [7, 11) is 0. The lowest BCUT2D eigenvalue weighted by Crippen LogP contribution is -2.61. The van der Waals surface area contributed by atoms with Crippen molar-refractivity contribution in [2.45, 2.75) is 42.9 Å². The van der Waals surface area contributed by atoms with Crippen LogP contribution in [-0.4, -0.2) is 43.5 Å². The number of carboxylic acids is 1. The van der Waals surface area contributed by atoms with E-state index in [0.29, 0.717) is 10.7 Å². The molecule has 8 heteroatoms. The van der Waals surface area contributed by atoms with E-state index < -0.39 is 18.0 Å². The van der Waals surface area contributed by atoms with Gasteiger partial charge >= 0.3 is 5.97 Å². The number of carboxylic acid groups (broad SMARTS) is 1. The number of aliphatic hydroxyl groups excluding tert-OH is 1. The molecule has 0 radical (unpaired) electrons. The normalized spacial score (nSPS) is 28.6. The van der Waals surface area contributed by atoms with Crippen molar-refractivity contribution < 1.29 is 19.8 Å². The van der Waals surface area contributed by atoms with Gasteiger partial charge in [0.1, 0.15) is 5.37 Å². The Hall–Kier alpha value is -1.51. The van der Waals surface area contributed by atoms with Gasteiger partial charge in [0.2, 0.25) is 5.91 Å². The number of nitrogens with zero attached hydrogens (tertiary/aromatic N) is 2. The monoisotopic (exact) mass is 378 g/mol. The van der Waals surface area contributed by atoms with E-state index in [1.807, 2.05) is 13.0 Å². The minimum Gasteiger partial charge on any atom is -0.477 e. The first kappa shape index (κ1) is 16.9. The molecule has 1 aliphatic carbocycles. The second-order valence-corrected chi connectivity index (χ2v) is 8.95. The Kier molecular flexibility index (Phi) is 4.29. The van der Waals surface area contributed by atoms with Crippen LogP contribution in [0.2, 0.25) is 0 Å². The first-order valence-corrected chi connectivity index (χ1v) is 10.0. The van der Waals surface area contributed by atoms with Crippen molar-refractivity contribution in [3.63, 3.8) is 0 Å². The fourth-order valence-electron chi connectivity index (χ4n) is 3.62. The predicted octanol–water partition coefficient (Wildman–Crippen LogP) is 2.36. The van der Waals surface area contributed by atoms with E-state index in [4.69, 9.17) is 0 Å². The lowest BCUT2D eigenvalue weighted by atomic mass is 9.90. The van der Waals surface area contributed by atoms with Crippen LogP contribution < -0.4 is 0 Å². The number of aliphatic hydroxyl groups is 1. The molecule has 2 N–H and O–H groups in total. The van der Waals surface area contributed by atoms with E-state index in [-0.39, 0.29) is 22.2 Å². The summed E-state index contributed by atoms with van der Waals surface area (Å²) in [6.07, 6.45) is 3.36. The lowest BCUT2D eigenvalue weighted by molar-refractivity contribution is -0.157. The molecule has 6 nitrogen and oxygen atoms in total. The molecule has 25 heavy (non-hydrogen) atoms. The maximum atomic E-state index is 12.4. The number of fused-ring (bicyclic) bond motifs is 2. The van der Waals surface area contributed by atoms with Gasteiger partial charge in [-0.15, -0.1) is 11.8 Å². The minimum atomic E-state index is -1.09. The van der Waals surface area contributed by atoms with Gasteiger partial charge in [-0.1, -0.05) is 24.8 Å². The number of hydrogen-bond donors (Lipinski definition) is 2. The van der Waals surface area contributed by atoms with Crippen LogP contribution in [0, 0.1) is 5.92 Å². The van der Waals surface area contributed by atoms with Gasteiger partial charge < -0.3 is 10.2 Å². The third-order valence-corrected chi connectivity index (χ3v) is 7.82. The van der Waals surface area contributed by atoms with Crippen LogP contribution in [0.3, 0.4) is 0 Å². The second-order valence-electron chi connectivity index (χ2n) is 6.35. The Morgan fingerprint density at radius 1 is 1.56 bits per heavy atom. The maximum Gasteiger partial charge on any atom is 0.354 e. The molecule has 132 valence electrons. The van der Waals surface area contributed by atoms with Gasteiger partial charge in [0.25, 0.3) is 0 Å². The second kappa shape index (κ2) is 6.34. The summed E-state index contributed by atoms with van der Waals surface area (Å²) in [5.41, 5.74) is 2.28. The van der Waals surface area contributed by atoms with Crippen molar-refractivity contribution in [1.82, 2.24) is 9.88 Å². The highest BCUT2D eigenvalue weighted by Crippen LogP contribution is 2.57. The molecule has 4 rings (SSSR count). The van der Waals surface area contributed by atoms with E-state index in [1.54, 1.807) is 6.20 Å². The first-order chi connectivity index (χ1) is 12.0. The summed E-state index contributed by atoms with van der Waals surface area (Å²) in [6, 6.07) is 3.97. The standard InChI is InChI=1S/C17H18N2O4S2/c1-2-9(20)11-14(21)19-13(16(22)23)17(25-15(11)19)24-10-6-5-8-4-3-7-18-12(8)10/h3-4,7,9-11,15,20H,2,5-6H2,1H3,(H,22,23)/t9-,10?,11+,15+/m0/s1. The molecule has 1 aromatic heterocycles. The summed E-state index contributed by atoms with van der Waals surface area (Å²) in [6.45, 7) is 1.82. The highest BCUT2D eigenvalue weighted by Gasteiger charge is 2.58. The van der Waals surface area contributed by atoms with E-state index in [0.717, 1.165) is 18.5 Å². The molecule has 3 aliphatic rings. The lowest BCUT2D eigenvalue weighted by Gasteiger charge is -2.44. The van der Waals surface area contributed by atoms with Crippen LogP contribution in [0.1, 0.15) is 36.3 Å². The topological polar surface area (TPSA) is 90.7 Å². The number of aliphatic carboxylic acids is 1. The molecule has 3 heterocycles. The molecule has 0 aromatic carbocycles. The number of hydrogen-bond acceptors (Lipinski definition) is 6. The fraction of sp³-hybridized carbons (Fsp3) is 0.471. The number of β-lactam (4-membered cyclic amide) rings is 1. The summed E-state index contributed by atoms with van der Waals surface area (Å²) < 4.78 is 0.653. The molecule has 1 fully saturated rings. The largest absolute Gasteiger partial charge is 0.477 e. The highest BCUT2D eigenvalue weighted by molar-refractivity contribution is 8.22. The Morgan fingerprint density at radius 3 is 3.08 bits per heavy atom. The van der Waals surface area contributed by atoms with Crippen molar-refractivity contribution in [2.75, 3.05) is 0 Å². The number of aryl methyl sites for hydroxylation is 1. The molecule has 0 bridgehead atoms. The fourth-order valence-corrected chi connectivity index (χ4v) is 6.87. The molecule has 1 unspecified atom stereocenters. The number of aromatic nitrogens is 1. The molecular formula is C17H18N2O4S2. The van der Waals surface area contributed by atoms with Crippen LogP contribution in [0.15, 0.2) is 28.3 Å². The van der Waals surface area contributed by atoms with Gasteiger partial charge in [-0.05, 0) is 30.9 Å². The maximum absolute atomic E-state index is 12.4. The number of rotatable bonds is 5. The number of carbonyl (C=O) groups is 2. The summed E-state index contributed by atoms with van der Waals surface area (Å²) in [5, 5.41) is 19.5. The van der Waals surface area contributed by atoms with Gasteiger partial charge in [-0.25, -0.2) is 4.79 Å². The number of carbonyl (C=O) groups excluding carboxylic acids is 1. The van der Waals surface area contributed by atoms with Crippen LogP contribution in [-0.2, 0) is 16.0 Å². The predicted molar refractivity (Wildman–Crippen MR) is 95.6 cm³/mol. The molecule has 1 aromatic rings. The molecule has 1 saturated heterocycles. The number of pyridine rings is 1. The zero-order valence-corrected chi connectivity index (χ0v) is 15.2. The third-order valence-electron chi connectivity index (χ3n) is 4.94. The van der Waals surface area contributed by atoms with Gasteiger partial charge in [-0.3, -0.25) is 14.7 Å². The van der Waals surface area contributed by atoms with Crippen LogP contribution in [0.25, 0.3) is 0 Å². The van der Waals surface area contributed by atoms with Crippen molar-refractivity contribution in [3.8, 4) is 0 Å². The Morgan fingerprint density at radius 2 is 2.36 bits per heavy atom. The van der Waals surface area contributed by atoms with Gasteiger partial charge in [0.05, 0.1) is 27.2 Å². The highest BCUT2D eigenvalue weighted by atomic mass is 32.2. The van der Waals surface area contributed by atoms with E-state index >= 15 is 0 Å². The molecule has 4 atom stereocenters. The molecule has 0 spiro atoms. The smallest absolute Gasteiger partial charge is 0.354 e. The average molecular weight is 378 g/mol. The zero-order chi connectivity index (χ0) is 17.7. The van der Waals surface area contributed by atoms with Crippen LogP contribution in [0.5, 0.6) is 0 Å². The number of thioether (sulfide) groups is 2. The van der Waals surface area contributed by atoms with Crippen molar-refractivity contribution >= 4 is 35.4 Å². The zero-order valence-electron chi connectivity index (χ0n) is 13.6. The number of amides is 1. The van der Waals surface area contributed by atoms with E-state index in [9.17, 15) is 19.8 Å². The summed E-state index contributed by atoms with van der Waals surface area (Å²) in [5.74, 6) is -1.89. The summed E-state index contributed by atoms with van der Waals surface area (Å²) in [4.78, 5) is 29.9. The quantitative estimate of drug-likeness (QED) is 0.760. The van der Waals surface area contributed by atoms with E-state index in [2.05, 4.69) is 11.1 Å². The Labute approximate surface area is 153 Å². The molecule has 2 aliphatic heterocycles. The van der Waals surface area contributed by atoms with Crippen molar-refractivity contribution in [2.24, 2.45) is 5.92 Å². The molecule has 1 amide bonds. The van der Waals surface area contributed by atoms with Crippen molar-refractivity contribution in [3.05, 3.63) is 39.5 Å². The SMILES string of the molecule is CC[C@H](O)[C@@H]1C(=O)N2C(C(=O)O)=C(SC3CCc4cccnc43)S[C@H]12. The Bertz CT molecular complexity index is 782. The Balaban J connectivity index is 1.60. The van der Waals surface area contributed by atoms with E-state index in [1.165, 1.54) is 34.0 Å². The summed E-state index contributed by atoms with van der Waals surface area (Å²) >= 11 is 2.88. The van der Waals surface area contributed by atoms with Crippen LogP contribution >= 0.6 is 23.5 Å². The van der Waals surface area contributed by atoms with Crippen molar-refractivity contribution in [1.29, 1.82) is 0 Å². The van der Waals surface area contributed by atoms with Gasteiger partial charge in [0.15, 0.2) is 5.70 Å². The van der Waals surface area contributed by atoms with Gasteiger partial charge in [-0.2, -0.15) is 0 Å². The van der Waals surface area contributed by atoms with Crippen LogP contribution in [0.4, 0.5) is 0 Å². The minimum absolute atomic E-state index is 0.0638. The average Bonchev–Trinajstić information content (AvgIpc) is 3.15. The first-order valence-electron chi connectivity index (χ1n) is 8.28.